The first-order valence-corrected chi connectivity index (χ1v) is 6.61. The number of aryl methyl sites for hydroxylation is 1. The van der Waals surface area contributed by atoms with Crippen LogP contribution in [0, 0.1) is 12.8 Å². The first kappa shape index (κ1) is 15.5. The Morgan fingerprint density at radius 2 is 2.16 bits per heavy atom. The summed E-state index contributed by atoms with van der Waals surface area (Å²) in [5, 5.41) is 8.87. The van der Waals surface area contributed by atoms with E-state index in [2.05, 4.69) is 13.8 Å². The van der Waals surface area contributed by atoms with E-state index < -0.39 is 5.97 Å². The Morgan fingerprint density at radius 1 is 1.42 bits per heavy atom. The van der Waals surface area contributed by atoms with Crippen molar-refractivity contribution in [3.05, 3.63) is 29.8 Å². The third-order valence-corrected chi connectivity index (χ3v) is 2.65. The van der Waals surface area contributed by atoms with Gasteiger partial charge in [0.25, 0.3) is 0 Å². The van der Waals surface area contributed by atoms with Crippen molar-refractivity contribution in [3.8, 4) is 5.75 Å². The fraction of sp³-hybridized carbons (Fsp3) is 0.533. The van der Waals surface area contributed by atoms with Crippen LogP contribution < -0.4 is 4.74 Å². The maximum absolute atomic E-state index is 10.8. The molecule has 4 heteroatoms. The molecule has 0 bridgehead atoms. The summed E-state index contributed by atoms with van der Waals surface area (Å²) in [7, 11) is 0. The highest BCUT2D eigenvalue weighted by molar-refractivity contribution is 5.69. The molecule has 1 N–H and O–H groups in total. The number of hydrogen-bond donors (Lipinski definition) is 1. The van der Waals surface area contributed by atoms with Crippen LogP contribution in [0.15, 0.2) is 24.3 Å². The quantitative estimate of drug-likeness (QED) is 0.784. The van der Waals surface area contributed by atoms with Crippen LogP contribution in [0.25, 0.3) is 0 Å². The molecule has 1 aromatic rings. The first-order chi connectivity index (χ1) is 8.97. The summed E-state index contributed by atoms with van der Waals surface area (Å²) < 4.78 is 5.65. The number of carboxylic acid groups (broad SMARTS) is 1. The van der Waals surface area contributed by atoms with Gasteiger partial charge in [0, 0.05) is 13.1 Å². The molecule has 19 heavy (non-hydrogen) atoms. The van der Waals surface area contributed by atoms with E-state index in [0.717, 1.165) is 17.9 Å². The average Bonchev–Trinajstić information content (AvgIpc) is 2.27. The molecule has 1 rings (SSSR count). The van der Waals surface area contributed by atoms with Crippen LogP contribution in [-0.2, 0) is 4.79 Å². The molecule has 4 nitrogen and oxygen atoms in total. The van der Waals surface area contributed by atoms with E-state index in [0.29, 0.717) is 19.1 Å². The number of ether oxygens (including phenoxy) is 1. The molecule has 0 aromatic heterocycles. The SMILES string of the molecule is Cc1cccc(OCCN(CC(=O)O)CC(C)C)c1. The summed E-state index contributed by atoms with van der Waals surface area (Å²) in [5.74, 6) is 0.481. The van der Waals surface area contributed by atoms with Gasteiger partial charge in [-0.1, -0.05) is 26.0 Å². The Hall–Kier alpha value is -1.55. The lowest BCUT2D eigenvalue weighted by Gasteiger charge is -2.22. The lowest BCUT2D eigenvalue weighted by molar-refractivity contribution is -0.138. The molecule has 0 aliphatic rings. The van der Waals surface area contributed by atoms with Crippen molar-refractivity contribution >= 4 is 5.97 Å². The van der Waals surface area contributed by atoms with E-state index >= 15 is 0 Å². The van der Waals surface area contributed by atoms with Crippen LogP contribution >= 0.6 is 0 Å². The topological polar surface area (TPSA) is 49.8 Å². The van der Waals surface area contributed by atoms with Gasteiger partial charge in [-0.15, -0.1) is 0 Å². The maximum atomic E-state index is 10.8. The number of carboxylic acids is 1. The minimum atomic E-state index is -0.795. The van der Waals surface area contributed by atoms with Gasteiger partial charge in [-0.3, -0.25) is 9.69 Å². The van der Waals surface area contributed by atoms with E-state index in [1.165, 1.54) is 0 Å². The fourth-order valence-corrected chi connectivity index (χ4v) is 1.94. The molecule has 0 amide bonds. The molecule has 0 radical (unpaired) electrons. The molecule has 0 saturated carbocycles. The number of aliphatic carboxylic acids is 1. The van der Waals surface area contributed by atoms with Gasteiger partial charge in [-0.25, -0.2) is 0 Å². The second kappa shape index (κ2) is 7.79. The maximum Gasteiger partial charge on any atom is 0.317 e. The van der Waals surface area contributed by atoms with Crippen molar-refractivity contribution in [1.82, 2.24) is 4.90 Å². The van der Waals surface area contributed by atoms with Crippen LogP contribution in [-0.4, -0.2) is 42.2 Å². The average molecular weight is 265 g/mol. The highest BCUT2D eigenvalue weighted by Gasteiger charge is 2.11. The van der Waals surface area contributed by atoms with Crippen molar-refractivity contribution in [3.63, 3.8) is 0 Å². The van der Waals surface area contributed by atoms with Crippen LogP contribution in [0.4, 0.5) is 0 Å². The molecule has 1 aromatic carbocycles. The summed E-state index contributed by atoms with van der Waals surface area (Å²) in [6, 6.07) is 7.86. The molecule has 0 fully saturated rings. The largest absolute Gasteiger partial charge is 0.492 e. The van der Waals surface area contributed by atoms with Gasteiger partial charge in [0.05, 0.1) is 6.54 Å². The zero-order chi connectivity index (χ0) is 14.3. The monoisotopic (exact) mass is 265 g/mol. The minimum absolute atomic E-state index is 0.0648. The van der Waals surface area contributed by atoms with E-state index in [4.69, 9.17) is 9.84 Å². The van der Waals surface area contributed by atoms with Gasteiger partial charge in [-0.05, 0) is 30.5 Å². The van der Waals surface area contributed by atoms with Crippen LogP contribution in [0.1, 0.15) is 19.4 Å². The number of nitrogens with zero attached hydrogens (tertiary/aromatic N) is 1. The molecule has 0 aliphatic heterocycles. The number of carbonyl (C=O) groups is 1. The zero-order valence-electron chi connectivity index (χ0n) is 11.9. The smallest absolute Gasteiger partial charge is 0.317 e. The molecule has 106 valence electrons. The molecule has 0 saturated heterocycles. The lowest BCUT2D eigenvalue weighted by Crippen LogP contribution is -2.36. The molecule has 0 unspecified atom stereocenters. The normalized spacial score (nSPS) is 11.0. The van der Waals surface area contributed by atoms with Crippen LogP contribution in [0.2, 0.25) is 0 Å². The highest BCUT2D eigenvalue weighted by Crippen LogP contribution is 2.12. The van der Waals surface area contributed by atoms with Gasteiger partial charge < -0.3 is 9.84 Å². The predicted octanol–water partition coefficient (Wildman–Crippen LogP) is 2.42. The molecular formula is C15H23NO3. The molecule has 0 heterocycles. The summed E-state index contributed by atoms with van der Waals surface area (Å²) in [5.41, 5.74) is 1.15. The van der Waals surface area contributed by atoms with E-state index in [1.807, 2.05) is 36.1 Å². The Labute approximate surface area is 115 Å². The van der Waals surface area contributed by atoms with Crippen molar-refractivity contribution in [2.24, 2.45) is 5.92 Å². The molecule has 0 atom stereocenters. The Balaban J connectivity index is 2.40. The third-order valence-electron chi connectivity index (χ3n) is 2.65. The zero-order valence-corrected chi connectivity index (χ0v) is 11.9. The van der Waals surface area contributed by atoms with E-state index in [1.54, 1.807) is 0 Å². The third kappa shape index (κ3) is 6.82. The summed E-state index contributed by atoms with van der Waals surface area (Å²) in [6.07, 6.45) is 0. The van der Waals surface area contributed by atoms with Crippen LogP contribution in [0.3, 0.4) is 0 Å². The van der Waals surface area contributed by atoms with E-state index in [9.17, 15) is 4.79 Å². The molecular weight excluding hydrogens is 242 g/mol. The highest BCUT2D eigenvalue weighted by atomic mass is 16.5. The first-order valence-electron chi connectivity index (χ1n) is 6.61. The van der Waals surface area contributed by atoms with Gasteiger partial charge in [0.2, 0.25) is 0 Å². The van der Waals surface area contributed by atoms with Gasteiger partial charge in [0.1, 0.15) is 12.4 Å². The van der Waals surface area contributed by atoms with Crippen LogP contribution in [0.5, 0.6) is 5.75 Å². The standard InChI is InChI=1S/C15H23NO3/c1-12(2)10-16(11-15(17)18)7-8-19-14-6-4-5-13(3)9-14/h4-6,9,12H,7-8,10-11H2,1-3H3,(H,17,18). The number of rotatable bonds is 8. The van der Waals surface area contributed by atoms with Gasteiger partial charge >= 0.3 is 5.97 Å². The summed E-state index contributed by atoms with van der Waals surface area (Å²) in [6.45, 7) is 8.13. The van der Waals surface area contributed by atoms with Crippen molar-refractivity contribution < 1.29 is 14.6 Å². The van der Waals surface area contributed by atoms with Gasteiger partial charge in [0.15, 0.2) is 0 Å². The summed E-state index contributed by atoms with van der Waals surface area (Å²) in [4.78, 5) is 12.7. The summed E-state index contributed by atoms with van der Waals surface area (Å²) >= 11 is 0. The van der Waals surface area contributed by atoms with Crippen molar-refractivity contribution in [1.29, 1.82) is 0 Å². The fourth-order valence-electron chi connectivity index (χ4n) is 1.94. The van der Waals surface area contributed by atoms with Gasteiger partial charge in [-0.2, -0.15) is 0 Å². The predicted molar refractivity (Wildman–Crippen MR) is 75.6 cm³/mol. The minimum Gasteiger partial charge on any atom is -0.492 e. The Morgan fingerprint density at radius 3 is 2.74 bits per heavy atom. The lowest BCUT2D eigenvalue weighted by atomic mass is 10.2. The van der Waals surface area contributed by atoms with Crippen molar-refractivity contribution in [2.45, 2.75) is 20.8 Å². The second-order valence-electron chi connectivity index (χ2n) is 5.19. The Bertz CT molecular complexity index is 404. The molecule has 0 aliphatic carbocycles. The number of hydrogen-bond acceptors (Lipinski definition) is 3. The molecule has 0 spiro atoms. The van der Waals surface area contributed by atoms with Crippen molar-refractivity contribution in [2.75, 3.05) is 26.2 Å². The second-order valence-corrected chi connectivity index (χ2v) is 5.19. The van der Waals surface area contributed by atoms with E-state index in [-0.39, 0.29) is 6.54 Å². The number of benzene rings is 1. The Kier molecular flexibility index (Phi) is 6.36.